The number of piperidine rings is 1. The topological polar surface area (TPSA) is 29.1 Å². The maximum atomic E-state index is 10.8. The number of carbonyl (C=O) groups excluding carboxylic acids is 1. The zero-order valence-corrected chi connectivity index (χ0v) is 5.11. The van der Waals surface area contributed by atoms with Gasteiger partial charge in [-0.15, -0.1) is 0 Å². The molecule has 2 nitrogen and oxygen atoms in total. The molecular formula is C6H11NO. The summed E-state index contributed by atoms with van der Waals surface area (Å²) in [6.45, 7) is 3.72. The zero-order valence-electron chi connectivity index (χ0n) is 5.11. The minimum absolute atomic E-state index is 0.253. The Morgan fingerprint density at radius 1 is 1.75 bits per heavy atom. The van der Waals surface area contributed by atoms with Crippen LogP contribution >= 0.6 is 0 Å². The van der Waals surface area contributed by atoms with Crippen LogP contribution < -0.4 is 5.32 Å². The van der Waals surface area contributed by atoms with Crippen LogP contribution in [0.1, 0.15) is 13.3 Å². The largest absolute Gasteiger partial charge is 0.316 e. The molecule has 1 saturated heterocycles. The third-order valence-corrected chi connectivity index (χ3v) is 1.55. The highest BCUT2D eigenvalue weighted by Crippen LogP contribution is 2.02. The van der Waals surface area contributed by atoms with Gasteiger partial charge in [-0.05, 0) is 0 Å². The molecule has 1 aliphatic rings. The third-order valence-electron chi connectivity index (χ3n) is 1.55. The first-order valence-electron chi connectivity index (χ1n) is 3.04. The SMILES string of the molecule is C[C@H]1CNCCC1=O. The number of hydrogen-bond donors (Lipinski definition) is 1. The van der Waals surface area contributed by atoms with Crippen molar-refractivity contribution in [3.05, 3.63) is 0 Å². The van der Waals surface area contributed by atoms with E-state index in [1.807, 2.05) is 6.92 Å². The number of ketones is 1. The molecule has 1 fully saturated rings. The molecule has 0 aromatic heterocycles. The second-order valence-corrected chi connectivity index (χ2v) is 2.32. The van der Waals surface area contributed by atoms with Crippen LogP contribution in [-0.4, -0.2) is 18.9 Å². The molecule has 0 amide bonds. The summed E-state index contributed by atoms with van der Waals surface area (Å²) in [5, 5.41) is 3.14. The highest BCUT2D eigenvalue weighted by Gasteiger charge is 2.15. The van der Waals surface area contributed by atoms with Crippen molar-refractivity contribution in [3.63, 3.8) is 0 Å². The van der Waals surface area contributed by atoms with Crippen LogP contribution in [0.2, 0.25) is 0 Å². The van der Waals surface area contributed by atoms with Crippen LogP contribution in [0.15, 0.2) is 0 Å². The van der Waals surface area contributed by atoms with Gasteiger partial charge < -0.3 is 5.32 Å². The average Bonchev–Trinajstić information content (AvgIpc) is 1.77. The summed E-state index contributed by atoms with van der Waals surface area (Å²) in [7, 11) is 0. The number of hydrogen-bond acceptors (Lipinski definition) is 2. The first-order chi connectivity index (χ1) is 3.80. The first-order valence-corrected chi connectivity index (χ1v) is 3.04. The molecule has 0 aromatic carbocycles. The van der Waals surface area contributed by atoms with Gasteiger partial charge in [-0.3, -0.25) is 4.79 Å². The fraction of sp³-hybridized carbons (Fsp3) is 0.833. The van der Waals surface area contributed by atoms with Crippen LogP contribution in [0, 0.1) is 5.92 Å². The molecule has 0 spiro atoms. The Morgan fingerprint density at radius 3 is 2.88 bits per heavy atom. The quantitative estimate of drug-likeness (QED) is 0.485. The molecule has 1 N–H and O–H groups in total. The Bertz CT molecular complexity index is 101. The Hall–Kier alpha value is -0.370. The average molecular weight is 113 g/mol. The summed E-state index contributed by atoms with van der Waals surface area (Å²) in [6.07, 6.45) is 0.723. The van der Waals surface area contributed by atoms with Gasteiger partial charge in [0.15, 0.2) is 0 Å². The monoisotopic (exact) mass is 113 g/mol. The molecule has 1 heterocycles. The molecule has 46 valence electrons. The highest BCUT2D eigenvalue weighted by atomic mass is 16.1. The van der Waals surface area contributed by atoms with Crippen molar-refractivity contribution in [2.75, 3.05) is 13.1 Å². The number of Topliss-reactive ketones (excluding diaryl/α,β-unsaturated/α-hetero) is 1. The predicted molar refractivity (Wildman–Crippen MR) is 31.7 cm³/mol. The summed E-state index contributed by atoms with van der Waals surface area (Å²) in [5.74, 6) is 0.660. The van der Waals surface area contributed by atoms with Gasteiger partial charge in [-0.1, -0.05) is 6.92 Å². The van der Waals surface area contributed by atoms with Crippen molar-refractivity contribution in [3.8, 4) is 0 Å². The van der Waals surface area contributed by atoms with E-state index in [1.54, 1.807) is 0 Å². The van der Waals surface area contributed by atoms with E-state index in [2.05, 4.69) is 5.32 Å². The van der Waals surface area contributed by atoms with Gasteiger partial charge in [0.25, 0.3) is 0 Å². The molecule has 0 bridgehead atoms. The Kier molecular flexibility index (Phi) is 1.63. The van der Waals surface area contributed by atoms with Gasteiger partial charge in [-0.2, -0.15) is 0 Å². The van der Waals surface area contributed by atoms with E-state index in [0.717, 1.165) is 19.5 Å². The van der Waals surface area contributed by atoms with E-state index in [-0.39, 0.29) is 5.92 Å². The van der Waals surface area contributed by atoms with Crippen LogP contribution in [0.25, 0.3) is 0 Å². The van der Waals surface area contributed by atoms with E-state index < -0.39 is 0 Å². The van der Waals surface area contributed by atoms with E-state index in [0.29, 0.717) is 5.78 Å². The molecule has 1 rings (SSSR count). The molecule has 1 aliphatic heterocycles. The second kappa shape index (κ2) is 2.27. The molecule has 0 unspecified atom stereocenters. The summed E-state index contributed by atoms with van der Waals surface area (Å²) in [6, 6.07) is 0. The lowest BCUT2D eigenvalue weighted by atomic mass is 10.0. The van der Waals surface area contributed by atoms with E-state index in [9.17, 15) is 4.79 Å². The lowest BCUT2D eigenvalue weighted by molar-refractivity contribution is -0.123. The van der Waals surface area contributed by atoms with Gasteiger partial charge in [0.05, 0.1) is 0 Å². The Morgan fingerprint density at radius 2 is 2.50 bits per heavy atom. The summed E-state index contributed by atoms with van der Waals surface area (Å²) < 4.78 is 0. The standard InChI is InChI=1S/C6H11NO/c1-5-4-7-3-2-6(5)8/h5,7H,2-4H2,1H3/t5-/m0/s1. The van der Waals surface area contributed by atoms with Crippen LogP contribution in [0.5, 0.6) is 0 Å². The summed E-state index contributed by atoms with van der Waals surface area (Å²) in [5.41, 5.74) is 0. The lowest BCUT2D eigenvalue weighted by Crippen LogP contribution is -2.34. The Balaban J connectivity index is 2.39. The van der Waals surface area contributed by atoms with Crippen molar-refractivity contribution >= 4 is 5.78 Å². The number of carbonyl (C=O) groups is 1. The van der Waals surface area contributed by atoms with Gasteiger partial charge >= 0.3 is 0 Å². The minimum Gasteiger partial charge on any atom is -0.316 e. The van der Waals surface area contributed by atoms with Crippen molar-refractivity contribution in [2.24, 2.45) is 5.92 Å². The van der Waals surface area contributed by atoms with E-state index in [1.165, 1.54) is 0 Å². The fourth-order valence-electron chi connectivity index (χ4n) is 0.890. The molecule has 2 heteroatoms. The predicted octanol–water partition coefficient (Wildman–Crippen LogP) is 0.185. The molecule has 8 heavy (non-hydrogen) atoms. The summed E-state index contributed by atoms with van der Waals surface area (Å²) >= 11 is 0. The van der Waals surface area contributed by atoms with Gasteiger partial charge in [-0.25, -0.2) is 0 Å². The summed E-state index contributed by atoms with van der Waals surface area (Å²) in [4.78, 5) is 10.8. The van der Waals surface area contributed by atoms with Crippen molar-refractivity contribution in [2.45, 2.75) is 13.3 Å². The van der Waals surface area contributed by atoms with Crippen LogP contribution in [-0.2, 0) is 4.79 Å². The molecule has 0 aromatic rings. The smallest absolute Gasteiger partial charge is 0.138 e. The van der Waals surface area contributed by atoms with Crippen molar-refractivity contribution < 1.29 is 4.79 Å². The van der Waals surface area contributed by atoms with Gasteiger partial charge in [0, 0.05) is 25.4 Å². The van der Waals surface area contributed by atoms with E-state index in [4.69, 9.17) is 0 Å². The van der Waals surface area contributed by atoms with Gasteiger partial charge in [0.2, 0.25) is 0 Å². The van der Waals surface area contributed by atoms with Crippen molar-refractivity contribution in [1.29, 1.82) is 0 Å². The maximum Gasteiger partial charge on any atom is 0.138 e. The van der Waals surface area contributed by atoms with Gasteiger partial charge in [0.1, 0.15) is 5.78 Å². The molecule has 0 saturated carbocycles. The molecular weight excluding hydrogens is 102 g/mol. The third kappa shape index (κ3) is 1.07. The van der Waals surface area contributed by atoms with E-state index >= 15 is 0 Å². The maximum absolute atomic E-state index is 10.8. The van der Waals surface area contributed by atoms with Crippen molar-refractivity contribution in [1.82, 2.24) is 5.32 Å². The number of nitrogens with one attached hydrogen (secondary N) is 1. The highest BCUT2D eigenvalue weighted by molar-refractivity contribution is 5.81. The molecule has 0 aliphatic carbocycles. The normalized spacial score (nSPS) is 30.6. The number of rotatable bonds is 0. The van der Waals surface area contributed by atoms with Crippen LogP contribution in [0.3, 0.4) is 0 Å². The second-order valence-electron chi connectivity index (χ2n) is 2.32. The minimum atomic E-state index is 0.253. The lowest BCUT2D eigenvalue weighted by Gasteiger charge is -2.16. The Labute approximate surface area is 49.3 Å². The van der Waals surface area contributed by atoms with Crippen LogP contribution in [0.4, 0.5) is 0 Å². The zero-order chi connectivity index (χ0) is 5.98. The first kappa shape index (κ1) is 5.76. The molecule has 1 atom stereocenters. The molecule has 0 radical (unpaired) electrons. The fourth-order valence-corrected chi connectivity index (χ4v) is 0.890.